The van der Waals surface area contributed by atoms with Gasteiger partial charge in [-0.3, -0.25) is 14.7 Å². The number of piperidine rings is 1. The third kappa shape index (κ3) is 6.84. The van der Waals surface area contributed by atoms with Gasteiger partial charge in [0.1, 0.15) is 0 Å². The Bertz CT molecular complexity index is 696. The Morgan fingerprint density at radius 2 is 2.14 bits per heavy atom. The van der Waals surface area contributed by atoms with E-state index in [4.69, 9.17) is 4.99 Å². The second-order valence-corrected chi connectivity index (χ2v) is 8.23. The third-order valence-electron chi connectivity index (χ3n) is 5.79. The van der Waals surface area contributed by atoms with E-state index < -0.39 is 0 Å². The molecular formula is C22H36IN5O. The molecule has 0 radical (unpaired) electrons. The summed E-state index contributed by atoms with van der Waals surface area (Å²) >= 11 is 0. The molecule has 1 fully saturated rings. The third-order valence-corrected chi connectivity index (χ3v) is 5.79. The molecule has 1 aromatic rings. The summed E-state index contributed by atoms with van der Waals surface area (Å²) in [5.41, 5.74) is 2.13. The van der Waals surface area contributed by atoms with Gasteiger partial charge in [-0.15, -0.1) is 24.0 Å². The number of carbonyl (C=O) groups excluding carboxylic acids is 1. The Morgan fingerprint density at radius 3 is 2.90 bits per heavy atom. The van der Waals surface area contributed by atoms with Gasteiger partial charge in [0.2, 0.25) is 5.91 Å². The van der Waals surface area contributed by atoms with Crippen LogP contribution >= 0.6 is 24.0 Å². The number of nitrogens with one attached hydrogen (secondary N) is 3. The predicted octanol–water partition coefficient (Wildman–Crippen LogP) is 3.41. The molecule has 0 saturated carbocycles. The van der Waals surface area contributed by atoms with Crippen LogP contribution in [0.1, 0.15) is 51.5 Å². The van der Waals surface area contributed by atoms with Gasteiger partial charge >= 0.3 is 0 Å². The monoisotopic (exact) mass is 513 g/mol. The van der Waals surface area contributed by atoms with E-state index in [1.54, 1.807) is 0 Å². The lowest BCUT2D eigenvalue weighted by Crippen LogP contribution is -2.44. The first-order valence-electron chi connectivity index (χ1n) is 10.7. The number of aliphatic imine (C=N–C) groups is 1. The van der Waals surface area contributed by atoms with Crippen molar-refractivity contribution in [1.29, 1.82) is 0 Å². The van der Waals surface area contributed by atoms with E-state index in [-0.39, 0.29) is 35.8 Å². The fraction of sp³-hybridized carbons (Fsp3) is 0.636. The highest BCUT2D eigenvalue weighted by molar-refractivity contribution is 14.0. The summed E-state index contributed by atoms with van der Waals surface area (Å²) < 4.78 is 0. The molecule has 3 unspecified atom stereocenters. The molecule has 6 nitrogen and oxygen atoms in total. The Balaban J connectivity index is 0.00000300. The number of likely N-dealkylation sites (tertiary alicyclic amines) is 1. The first kappa shape index (κ1) is 23.9. The van der Waals surface area contributed by atoms with Crippen LogP contribution in [0.4, 0.5) is 5.69 Å². The van der Waals surface area contributed by atoms with Crippen molar-refractivity contribution in [3.05, 3.63) is 29.8 Å². The lowest BCUT2D eigenvalue weighted by molar-refractivity contribution is -0.116. The minimum atomic E-state index is 0. The predicted molar refractivity (Wildman–Crippen MR) is 131 cm³/mol. The number of hydrogen-bond acceptors (Lipinski definition) is 3. The second-order valence-electron chi connectivity index (χ2n) is 8.23. The molecule has 162 valence electrons. The largest absolute Gasteiger partial charge is 0.357 e. The number of halogens is 1. The van der Waals surface area contributed by atoms with Crippen LogP contribution in [0.25, 0.3) is 0 Å². The second kappa shape index (κ2) is 11.7. The van der Waals surface area contributed by atoms with Crippen molar-refractivity contribution in [3.8, 4) is 0 Å². The zero-order valence-corrected chi connectivity index (χ0v) is 20.2. The van der Waals surface area contributed by atoms with Gasteiger partial charge < -0.3 is 16.0 Å². The van der Waals surface area contributed by atoms with Crippen LogP contribution in [0, 0.1) is 5.92 Å². The van der Waals surface area contributed by atoms with Gasteiger partial charge in [0.05, 0.1) is 6.54 Å². The van der Waals surface area contributed by atoms with Crippen molar-refractivity contribution in [3.63, 3.8) is 0 Å². The van der Waals surface area contributed by atoms with Crippen molar-refractivity contribution in [2.24, 2.45) is 10.9 Å². The van der Waals surface area contributed by atoms with E-state index >= 15 is 0 Å². The molecule has 0 aromatic heterocycles. The Kier molecular flexibility index (Phi) is 9.68. The van der Waals surface area contributed by atoms with Crippen molar-refractivity contribution in [2.75, 3.05) is 38.0 Å². The van der Waals surface area contributed by atoms with Crippen molar-refractivity contribution in [2.45, 2.75) is 52.0 Å². The van der Waals surface area contributed by atoms with Gasteiger partial charge in [-0.1, -0.05) is 25.1 Å². The number of fused-ring (bicyclic) bond motifs is 1. The highest BCUT2D eigenvalue weighted by atomic mass is 127. The lowest BCUT2D eigenvalue weighted by atomic mass is 9.90. The van der Waals surface area contributed by atoms with E-state index in [0.717, 1.165) is 30.7 Å². The zero-order chi connectivity index (χ0) is 19.9. The average molecular weight is 513 g/mol. The zero-order valence-electron chi connectivity index (χ0n) is 17.9. The van der Waals surface area contributed by atoms with Gasteiger partial charge in [0.15, 0.2) is 5.96 Å². The molecule has 0 aliphatic carbocycles. The van der Waals surface area contributed by atoms with E-state index in [1.807, 2.05) is 18.2 Å². The van der Waals surface area contributed by atoms with Crippen LogP contribution in [0.2, 0.25) is 0 Å². The molecule has 2 aliphatic rings. The highest BCUT2D eigenvalue weighted by Crippen LogP contribution is 2.31. The Labute approximate surface area is 192 Å². The smallest absolute Gasteiger partial charge is 0.225 e. The van der Waals surface area contributed by atoms with Gasteiger partial charge in [0, 0.05) is 43.7 Å². The van der Waals surface area contributed by atoms with Crippen LogP contribution in [-0.4, -0.2) is 55.5 Å². The van der Waals surface area contributed by atoms with Gasteiger partial charge in [-0.2, -0.15) is 0 Å². The number of nitrogens with zero attached hydrogens (tertiary/aromatic N) is 2. The van der Waals surface area contributed by atoms with E-state index in [2.05, 4.69) is 47.7 Å². The Morgan fingerprint density at radius 1 is 1.34 bits per heavy atom. The number of amides is 1. The summed E-state index contributed by atoms with van der Waals surface area (Å²) in [6, 6.07) is 8.51. The molecular weight excluding hydrogens is 477 g/mol. The molecule has 1 amide bonds. The lowest BCUT2D eigenvalue weighted by Gasteiger charge is -2.35. The van der Waals surface area contributed by atoms with Crippen LogP contribution in [0.15, 0.2) is 29.3 Å². The fourth-order valence-corrected chi connectivity index (χ4v) is 4.21. The maximum Gasteiger partial charge on any atom is 0.225 e. The molecule has 3 atom stereocenters. The molecule has 29 heavy (non-hydrogen) atoms. The molecule has 0 spiro atoms. The molecule has 7 heteroatoms. The van der Waals surface area contributed by atoms with Gasteiger partial charge in [-0.05, 0) is 50.8 Å². The molecule has 2 aliphatic heterocycles. The molecule has 1 aromatic carbocycles. The molecule has 0 bridgehead atoms. The maximum atomic E-state index is 12.0. The van der Waals surface area contributed by atoms with E-state index in [1.165, 1.54) is 31.5 Å². The van der Waals surface area contributed by atoms with Crippen molar-refractivity contribution >= 4 is 41.5 Å². The number of rotatable bonds is 6. The summed E-state index contributed by atoms with van der Waals surface area (Å²) in [5.74, 6) is 1.86. The van der Waals surface area contributed by atoms with Gasteiger partial charge in [0.25, 0.3) is 0 Å². The molecule has 2 heterocycles. The fourth-order valence-electron chi connectivity index (χ4n) is 4.21. The van der Waals surface area contributed by atoms with Crippen LogP contribution in [0.5, 0.6) is 0 Å². The number of guanidine groups is 1. The van der Waals surface area contributed by atoms with Gasteiger partial charge in [-0.25, -0.2) is 0 Å². The van der Waals surface area contributed by atoms with E-state index in [0.29, 0.717) is 19.0 Å². The minimum Gasteiger partial charge on any atom is -0.357 e. The average Bonchev–Trinajstić information content (AvgIpc) is 2.69. The standard InChI is InChI=1S/C22H35N5O.HI/c1-4-23-22(24-13-17(3)27-11-7-8-16(2)15-27)25-14-18-12-21(28)26-20-10-6-5-9-19(18)20;/h5-6,9-10,16-18H,4,7-8,11-15H2,1-3H3,(H,26,28)(H2,23,24,25);1H. The quantitative estimate of drug-likeness (QED) is 0.310. The number of carbonyl (C=O) groups is 1. The summed E-state index contributed by atoms with van der Waals surface area (Å²) in [5, 5.41) is 9.77. The number of hydrogen-bond donors (Lipinski definition) is 3. The van der Waals surface area contributed by atoms with Crippen LogP contribution < -0.4 is 16.0 Å². The summed E-state index contributed by atoms with van der Waals surface area (Å²) in [6.07, 6.45) is 3.13. The first-order chi connectivity index (χ1) is 13.6. The first-order valence-corrected chi connectivity index (χ1v) is 10.7. The Hall–Kier alpha value is -1.35. The SMILES string of the molecule is CCNC(=NCC(C)N1CCCC(C)C1)NCC1CC(=O)Nc2ccccc21.I. The summed E-state index contributed by atoms with van der Waals surface area (Å²) in [6.45, 7) is 11.3. The molecule has 3 rings (SSSR count). The molecule has 1 saturated heterocycles. The van der Waals surface area contributed by atoms with Crippen LogP contribution in [0.3, 0.4) is 0 Å². The topological polar surface area (TPSA) is 68.8 Å². The summed E-state index contributed by atoms with van der Waals surface area (Å²) in [4.78, 5) is 19.4. The number of para-hydroxylation sites is 1. The minimum absolute atomic E-state index is 0. The number of anilines is 1. The highest BCUT2D eigenvalue weighted by Gasteiger charge is 2.25. The maximum absolute atomic E-state index is 12.0. The normalized spacial score (nSPS) is 23.4. The van der Waals surface area contributed by atoms with Crippen LogP contribution in [-0.2, 0) is 4.79 Å². The number of benzene rings is 1. The van der Waals surface area contributed by atoms with Crippen molar-refractivity contribution < 1.29 is 4.79 Å². The summed E-state index contributed by atoms with van der Waals surface area (Å²) in [7, 11) is 0. The van der Waals surface area contributed by atoms with E-state index in [9.17, 15) is 4.79 Å². The molecule has 3 N–H and O–H groups in total. The van der Waals surface area contributed by atoms with Crippen molar-refractivity contribution in [1.82, 2.24) is 15.5 Å².